The lowest BCUT2D eigenvalue weighted by molar-refractivity contribution is 0.112. The van der Waals surface area contributed by atoms with Crippen LogP contribution in [0.25, 0.3) is 16.9 Å². The second-order valence-corrected chi connectivity index (χ2v) is 5.88. The monoisotopic (exact) mass is 358 g/mol. The van der Waals surface area contributed by atoms with Gasteiger partial charge in [0.25, 0.3) is 0 Å². The normalized spacial score (nSPS) is 10.3. The van der Waals surface area contributed by atoms with Crippen molar-refractivity contribution in [2.24, 2.45) is 0 Å². The molecule has 0 unspecified atom stereocenters. The van der Waals surface area contributed by atoms with E-state index < -0.39 is 0 Å². The third kappa shape index (κ3) is 3.18. The van der Waals surface area contributed by atoms with Gasteiger partial charge in [0, 0.05) is 22.9 Å². The first-order valence-corrected chi connectivity index (χ1v) is 8.15. The second-order valence-electron chi connectivity index (χ2n) is 5.49. The molecule has 26 heavy (non-hydrogen) atoms. The van der Waals surface area contributed by atoms with Crippen LogP contribution in [0.1, 0.15) is 21.6 Å². The molecule has 0 radical (unpaired) electrons. The Morgan fingerprint density at radius 3 is 2.62 bits per heavy atom. The maximum absolute atomic E-state index is 10.8. The van der Waals surface area contributed by atoms with Crippen molar-refractivity contribution in [1.29, 1.82) is 0 Å². The largest absolute Gasteiger partial charge is 0.298 e. The number of rotatable bonds is 2. The van der Waals surface area contributed by atoms with E-state index in [0.717, 1.165) is 23.1 Å². The van der Waals surface area contributed by atoms with Crippen LogP contribution in [-0.2, 0) is 0 Å². The summed E-state index contributed by atoms with van der Waals surface area (Å²) in [5.41, 5.74) is 4.43. The number of nitrogens with zero attached hydrogens (tertiary/aromatic N) is 4. The Bertz CT molecular complexity index is 1170. The zero-order valence-corrected chi connectivity index (χ0v) is 14.2. The van der Waals surface area contributed by atoms with Crippen LogP contribution in [0.3, 0.4) is 0 Å². The summed E-state index contributed by atoms with van der Waals surface area (Å²) in [5, 5.41) is 5.01. The van der Waals surface area contributed by atoms with Gasteiger partial charge in [-0.2, -0.15) is 5.10 Å². The summed E-state index contributed by atoms with van der Waals surface area (Å²) in [6.45, 7) is 0. The van der Waals surface area contributed by atoms with Gasteiger partial charge in [-0.3, -0.25) is 4.79 Å². The molecule has 0 spiro atoms. The molecule has 0 aliphatic carbocycles. The van der Waals surface area contributed by atoms with Crippen molar-refractivity contribution in [3.05, 3.63) is 82.9 Å². The molecule has 4 aromatic rings. The Kier molecular flexibility index (Phi) is 4.18. The number of aldehydes is 1. The first-order valence-electron chi connectivity index (χ1n) is 7.77. The molecule has 6 heteroatoms. The van der Waals surface area contributed by atoms with Crippen molar-refractivity contribution in [3.63, 3.8) is 0 Å². The van der Waals surface area contributed by atoms with Crippen molar-refractivity contribution in [2.45, 2.75) is 0 Å². The second kappa shape index (κ2) is 6.79. The highest BCUT2D eigenvalue weighted by Gasteiger charge is 2.06. The van der Waals surface area contributed by atoms with Crippen LogP contribution in [0.5, 0.6) is 0 Å². The number of hydrogen-bond acceptors (Lipinski definition) is 4. The van der Waals surface area contributed by atoms with E-state index in [2.05, 4.69) is 26.9 Å². The van der Waals surface area contributed by atoms with Crippen LogP contribution in [0.15, 0.2) is 60.9 Å². The van der Waals surface area contributed by atoms with E-state index in [1.165, 1.54) is 0 Å². The van der Waals surface area contributed by atoms with Crippen molar-refractivity contribution in [3.8, 4) is 23.1 Å². The number of pyridine rings is 1. The van der Waals surface area contributed by atoms with E-state index in [-0.39, 0.29) is 0 Å². The van der Waals surface area contributed by atoms with E-state index >= 15 is 0 Å². The summed E-state index contributed by atoms with van der Waals surface area (Å²) in [4.78, 5) is 19.1. The highest BCUT2D eigenvalue weighted by Crippen LogP contribution is 2.18. The zero-order valence-electron chi connectivity index (χ0n) is 13.4. The first kappa shape index (κ1) is 16.0. The molecular weight excluding hydrogens is 348 g/mol. The number of imidazole rings is 1. The molecule has 124 valence electrons. The molecule has 3 aromatic heterocycles. The molecule has 0 saturated heterocycles. The quantitative estimate of drug-likeness (QED) is 0.312. The van der Waals surface area contributed by atoms with Crippen molar-refractivity contribution in [2.75, 3.05) is 0 Å². The van der Waals surface area contributed by atoms with Gasteiger partial charge in [0.2, 0.25) is 0 Å². The fourth-order valence-corrected chi connectivity index (χ4v) is 2.64. The van der Waals surface area contributed by atoms with Gasteiger partial charge >= 0.3 is 0 Å². The number of aromatic nitrogens is 4. The summed E-state index contributed by atoms with van der Waals surface area (Å²) in [6, 6.07) is 14.5. The minimum absolute atomic E-state index is 0.397. The fourth-order valence-electron chi connectivity index (χ4n) is 2.46. The first-order chi connectivity index (χ1) is 12.7. The minimum Gasteiger partial charge on any atom is -0.298 e. The number of carbonyl (C=O) groups excluding carboxylic acids is 1. The Morgan fingerprint density at radius 2 is 1.85 bits per heavy atom. The van der Waals surface area contributed by atoms with Crippen LogP contribution >= 0.6 is 11.6 Å². The van der Waals surface area contributed by atoms with Crippen molar-refractivity contribution >= 4 is 23.5 Å². The lowest BCUT2D eigenvalue weighted by atomic mass is 10.1. The number of carbonyl (C=O) groups is 1. The van der Waals surface area contributed by atoms with Crippen LogP contribution in [0, 0.1) is 11.8 Å². The molecule has 4 rings (SSSR count). The summed E-state index contributed by atoms with van der Waals surface area (Å²) < 4.78 is 1.69. The summed E-state index contributed by atoms with van der Waals surface area (Å²) in [5.74, 6) is 6.10. The van der Waals surface area contributed by atoms with Gasteiger partial charge in [-0.15, -0.1) is 0 Å². The van der Waals surface area contributed by atoms with Crippen LogP contribution in [0.2, 0.25) is 5.15 Å². The van der Waals surface area contributed by atoms with Gasteiger partial charge in [-0.1, -0.05) is 41.8 Å². The molecule has 0 aliphatic heterocycles. The summed E-state index contributed by atoms with van der Waals surface area (Å²) >= 11 is 5.88. The molecule has 0 amide bonds. The molecule has 0 bridgehead atoms. The van der Waals surface area contributed by atoms with E-state index in [4.69, 9.17) is 11.6 Å². The lowest BCUT2D eigenvalue weighted by Crippen LogP contribution is -1.97. The Hall–Kier alpha value is -3.49. The summed E-state index contributed by atoms with van der Waals surface area (Å²) in [6.07, 6.45) is 4.10. The molecule has 1 aromatic carbocycles. The molecule has 3 heterocycles. The number of benzene rings is 1. The van der Waals surface area contributed by atoms with Crippen molar-refractivity contribution < 1.29 is 4.79 Å². The zero-order chi connectivity index (χ0) is 17.9. The van der Waals surface area contributed by atoms with Gasteiger partial charge < -0.3 is 0 Å². The SMILES string of the molecule is O=Cc1ccc(-c2ccc3ncc(C#Cc4ccnc(Cl)c4)n3n2)cc1. The molecule has 0 saturated carbocycles. The van der Waals surface area contributed by atoms with Gasteiger partial charge in [0.15, 0.2) is 5.65 Å². The standard InChI is InChI=1S/C20H11ClN4O/c21-19-11-14(9-10-22-19)3-6-17-12-23-20-8-7-18(24-25(17)20)16-4-1-15(13-26)2-5-16/h1-2,4-5,7-13H. The molecule has 5 nitrogen and oxygen atoms in total. The number of fused-ring (bicyclic) bond motifs is 1. The molecular formula is C20H11ClN4O. The summed E-state index contributed by atoms with van der Waals surface area (Å²) in [7, 11) is 0. The maximum Gasteiger partial charge on any atom is 0.154 e. The third-order valence-electron chi connectivity index (χ3n) is 3.77. The van der Waals surface area contributed by atoms with Gasteiger partial charge in [0.1, 0.15) is 17.1 Å². The Morgan fingerprint density at radius 1 is 1.00 bits per heavy atom. The van der Waals surface area contributed by atoms with E-state index in [1.807, 2.05) is 24.3 Å². The minimum atomic E-state index is 0.397. The van der Waals surface area contributed by atoms with Crippen LogP contribution in [-0.4, -0.2) is 25.9 Å². The molecule has 0 aliphatic rings. The Balaban J connectivity index is 1.74. The van der Waals surface area contributed by atoms with Gasteiger partial charge in [0.05, 0.1) is 11.9 Å². The molecule has 0 atom stereocenters. The van der Waals surface area contributed by atoms with Crippen LogP contribution < -0.4 is 0 Å². The smallest absolute Gasteiger partial charge is 0.154 e. The highest BCUT2D eigenvalue weighted by molar-refractivity contribution is 6.29. The lowest BCUT2D eigenvalue weighted by Gasteiger charge is -2.02. The topological polar surface area (TPSA) is 60.2 Å². The molecule has 0 fully saturated rings. The fraction of sp³-hybridized carbons (Fsp3) is 0. The highest BCUT2D eigenvalue weighted by atomic mass is 35.5. The third-order valence-corrected chi connectivity index (χ3v) is 3.97. The number of halogens is 1. The van der Waals surface area contributed by atoms with Gasteiger partial charge in [-0.25, -0.2) is 14.5 Å². The van der Waals surface area contributed by atoms with E-state index in [9.17, 15) is 4.79 Å². The van der Waals surface area contributed by atoms with Crippen LogP contribution in [0.4, 0.5) is 0 Å². The predicted molar refractivity (Wildman–Crippen MR) is 99.0 cm³/mol. The maximum atomic E-state index is 10.8. The van der Waals surface area contributed by atoms with E-state index in [1.54, 1.807) is 41.2 Å². The average molecular weight is 359 g/mol. The molecule has 0 N–H and O–H groups in total. The average Bonchev–Trinajstić information content (AvgIpc) is 3.09. The van der Waals surface area contributed by atoms with Crippen molar-refractivity contribution in [1.82, 2.24) is 19.6 Å². The number of hydrogen-bond donors (Lipinski definition) is 0. The van der Waals surface area contributed by atoms with Gasteiger partial charge in [-0.05, 0) is 30.2 Å². The Labute approximate surface area is 154 Å². The van der Waals surface area contributed by atoms with E-state index in [0.29, 0.717) is 22.1 Å². The predicted octanol–water partition coefficient (Wildman–Crippen LogP) is 3.66.